The first kappa shape index (κ1) is 22.6. The molecule has 0 spiro atoms. The molecular formula is C22H28F3N5O2. The van der Waals surface area contributed by atoms with Gasteiger partial charge < -0.3 is 19.9 Å². The first-order chi connectivity index (χ1) is 15.3. The average Bonchev–Trinajstić information content (AvgIpc) is 3.27. The summed E-state index contributed by atoms with van der Waals surface area (Å²) >= 11 is 0. The largest absolute Gasteiger partial charge is 0.416 e. The second-order valence-corrected chi connectivity index (χ2v) is 8.38. The summed E-state index contributed by atoms with van der Waals surface area (Å²) < 4.78 is 44.4. The molecule has 2 amide bonds. The first-order valence-corrected chi connectivity index (χ1v) is 10.8. The van der Waals surface area contributed by atoms with Gasteiger partial charge >= 0.3 is 12.2 Å². The second-order valence-electron chi connectivity index (χ2n) is 8.38. The Balaban J connectivity index is 1.57. The van der Waals surface area contributed by atoms with Crippen LogP contribution in [0.3, 0.4) is 0 Å². The highest BCUT2D eigenvalue weighted by Gasteiger charge is 2.36. The van der Waals surface area contributed by atoms with Gasteiger partial charge in [0.1, 0.15) is 0 Å². The van der Waals surface area contributed by atoms with E-state index in [0.717, 1.165) is 29.1 Å². The number of aromatic amines is 1. The minimum Gasteiger partial charge on any atom is -0.378 e. The Bertz CT molecular complexity index is 909. The lowest BCUT2D eigenvalue weighted by Gasteiger charge is -2.40. The van der Waals surface area contributed by atoms with Crippen molar-refractivity contribution >= 4 is 6.03 Å². The molecule has 2 aromatic rings. The first-order valence-electron chi connectivity index (χ1n) is 10.8. The lowest BCUT2D eigenvalue weighted by atomic mass is 9.83. The van der Waals surface area contributed by atoms with Crippen LogP contribution >= 0.6 is 0 Å². The summed E-state index contributed by atoms with van der Waals surface area (Å²) in [4.78, 5) is 16.8. The standard InChI is InChI=1S/C22H28F3N5O2/c1-26-12-19-11-20(28-27-19)17-10-16(15-2-4-18(5-3-15)22(23,24)25)13-30(14-17)21(31)29-6-8-32-9-7-29/h2-5,11,16-17,26H,6-10,12-14H2,1H3,(H,27,28). The number of aromatic nitrogens is 2. The van der Waals surface area contributed by atoms with Crippen LogP contribution in [0, 0.1) is 0 Å². The van der Waals surface area contributed by atoms with E-state index in [2.05, 4.69) is 15.5 Å². The summed E-state index contributed by atoms with van der Waals surface area (Å²) in [5, 5.41) is 10.6. The Morgan fingerprint density at radius 2 is 1.84 bits per heavy atom. The van der Waals surface area contributed by atoms with Crippen LogP contribution in [0.4, 0.5) is 18.0 Å². The molecule has 2 N–H and O–H groups in total. The Hall–Kier alpha value is -2.59. The zero-order valence-electron chi connectivity index (χ0n) is 18.0. The van der Waals surface area contributed by atoms with Crippen molar-refractivity contribution in [2.24, 2.45) is 0 Å². The second kappa shape index (κ2) is 9.50. The smallest absolute Gasteiger partial charge is 0.378 e. The number of nitrogens with zero attached hydrogens (tertiary/aromatic N) is 3. The summed E-state index contributed by atoms with van der Waals surface area (Å²) in [7, 11) is 1.85. The summed E-state index contributed by atoms with van der Waals surface area (Å²) in [6.45, 7) is 3.75. The van der Waals surface area contributed by atoms with E-state index in [9.17, 15) is 18.0 Å². The number of morpholine rings is 1. The van der Waals surface area contributed by atoms with Crippen LogP contribution in [0.25, 0.3) is 0 Å². The molecule has 2 aliphatic heterocycles. The highest BCUT2D eigenvalue weighted by Crippen LogP contribution is 2.37. The number of carbonyl (C=O) groups is 1. The van der Waals surface area contributed by atoms with Crippen molar-refractivity contribution in [2.45, 2.75) is 31.0 Å². The predicted octanol–water partition coefficient (Wildman–Crippen LogP) is 3.17. The number of hydrogen-bond acceptors (Lipinski definition) is 4. The fraction of sp³-hybridized carbons (Fsp3) is 0.545. The van der Waals surface area contributed by atoms with E-state index >= 15 is 0 Å². The number of alkyl halides is 3. The summed E-state index contributed by atoms with van der Waals surface area (Å²) in [5.74, 6) is -0.0895. The van der Waals surface area contributed by atoms with Crippen molar-refractivity contribution in [1.29, 1.82) is 0 Å². The third kappa shape index (κ3) is 5.07. The minimum absolute atomic E-state index is 0.0112. The van der Waals surface area contributed by atoms with E-state index in [-0.39, 0.29) is 17.9 Å². The fourth-order valence-corrected chi connectivity index (χ4v) is 4.48. The molecule has 4 rings (SSSR count). The SMILES string of the molecule is CNCc1cc(C2CC(c3ccc(C(F)(F)F)cc3)CN(C(=O)N3CCOCC3)C2)n[nH]1. The number of carbonyl (C=O) groups excluding carboxylic acids is 1. The summed E-state index contributed by atoms with van der Waals surface area (Å²) in [5.41, 5.74) is 1.95. The van der Waals surface area contributed by atoms with Crippen molar-refractivity contribution in [3.63, 3.8) is 0 Å². The Morgan fingerprint density at radius 1 is 1.16 bits per heavy atom. The van der Waals surface area contributed by atoms with E-state index in [1.165, 1.54) is 12.1 Å². The molecule has 1 aromatic carbocycles. The number of nitrogens with one attached hydrogen (secondary N) is 2. The van der Waals surface area contributed by atoms with Gasteiger partial charge in [-0.15, -0.1) is 0 Å². The van der Waals surface area contributed by atoms with Crippen LogP contribution < -0.4 is 5.32 Å². The van der Waals surface area contributed by atoms with E-state index in [1.807, 2.05) is 18.0 Å². The van der Waals surface area contributed by atoms with Crippen molar-refractivity contribution in [2.75, 3.05) is 46.4 Å². The Morgan fingerprint density at radius 3 is 2.50 bits per heavy atom. The van der Waals surface area contributed by atoms with Gasteiger partial charge in [-0.1, -0.05) is 12.1 Å². The van der Waals surface area contributed by atoms with Gasteiger partial charge in [0, 0.05) is 50.3 Å². The molecule has 2 atom stereocenters. The molecule has 2 fully saturated rings. The number of benzene rings is 1. The van der Waals surface area contributed by atoms with Gasteiger partial charge in [0.15, 0.2) is 0 Å². The van der Waals surface area contributed by atoms with Gasteiger partial charge in [0.2, 0.25) is 0 Å². The lowest BCUT2D eigenvalue weighted by Crippen LogP contribution is -2.52. The molecule has 10 heteroatoms. The number of rotatable bonds is 4. The van der Waals surface area contributed by atoms with E-state index in [4.69, 9.17) is 4.74 Å². The molecule has 32 heavy (non-hydrogen) atoms. The maximum Gasteiger partial charge on any atom is 0.416 e. The maximum absolute atomic E-state index is 13.2. The van der Waals surface area contributed by atoms with Gasteiger partial charge in [-0.3, -0.25) is 5.10 Å². The molecule has 1 aromatic heterocycles. The maximum atomic E-state index is 13.2. The number of amides is 2. The van der Waals surface area contributed by atoms with Crippen LogP contribution in [-0.2, 0) is 17.5 Å². The number of halogens is 3. The number of urea groups is 1. The van der Waals surface area contributed by atoms with E-state index in [0.29, 0.717) is 52.4 Å². The molecule has 7 nitrogen and oxygen atoms in total. The zero-order chi connectivity index (χ0) is 22.7. The minimum atomic E-state index is -4.37. The lowest BCUT2D eigenvalue weighted by molar-refractivity contribution is -0.137. The van der Waals surface area contributed by atoms with Crippen molar-refractivity contribution in [3.8, 4) is 0 Å². The third-order valence-corrected chi connectivity index (χ3v) is 6.15. The quantitative estimate of drug-likeness (QED) is 0.749. The fourth-order valence-electron chi connectivity index (χ4n) is 4.48. The molecule has 2 aliphatic rings. The van der Waals surface area contributed by atoms with Crippen molar-refractivity contribution < 1.29 is 22.7 Å². The number of H-pyrrole nitrogens is 1. The molecule has 3 heterocycles. The van der Waals surface area contributed by atoms with Crippen LogP contribution in [0.15, 0.2) is 30.3 Å². The summed E-state index contributed by atoms with van der Waals surface area (Å²) in [6, 6.07) is 7.24. The van der Waals surface area contributed by atoms with Crippen molar-refractivity contribution in [1.82, 2.24) is 25.3 Å². The monoisotopic (exact) mass is 451 g/mol. The van der Waals surface area contributed by atoms with E-state index in [1.54, 1.807) is 4.90 Å². The predicted molar refractivity (Wildman–Crippen MR) is 112 cm³/mol. The van der Waals surface area contributed by atoms with Crippen LogP contribution in [0.1, 0.15) is 40.8 Å². The molecule has 174 valence electrons. The molecule has 0 saturated carbocycles. The number of ether oxygens (including phenoxy) is 1. The highest BCUT2D eigenvalue weighted by atomic mass is 19.4. The molecule has 0 aliphatic carbocycles. The number of likely N-dealkylation sites (tertiary alicyclic amines) is 1. The highest BCUT2D eigenvalue weighted by molar-refractivity contribution is 5.75. The Labute approximate surface area is 184 Å². The van der Waals surface area contributed by atoms with Gasteiger partial charge in [-0.25, -0.2) is 4.79 Å². The molecule has 2 unspecified atom stereocenters. The van der Waals surface area contributed by atoms with Crippen molar-refractivity contribution in [3.05, 3.63) is 52.8 Å². The molecular weight excluding hydrogens is 423 g/mol. The van der Waals surface area contributed by atoms with Crippen LogP contribution in [0.2, 0.25) is 0 Å². The molecule has 0 radical (unpaired) electrons. The van der Waals surface area contributed by atoms with Crippen LogP contribution in [0.5, 0.6) is 0 Å². The van der Waals surface area contributed by atoms with Gasteiger partial charge in [-0.2, -0.15) is 18.3 Å². The molecule has 0 bridgehead atoms. The summed E-state index contributed by atoms with van der Waals surface area (Å²) in [6.07, 6.45) is -3.66. The number of piperidine rings is 1. The third-order valence-electron chi connectivity index (χ3n) is 6.15. The van der Waals surface area contributed by atoms with Crippen LogP contribution in [-0.4, -0.2) is 72.5 Å². The molecule has 2 saturated heterocycles. The average molecular weight is 451 g/mol. The topological polar surface area (TPSA) is 73.5 Å². The zero-order valence-corrected chi connectivity index (χ0v) is 18.0. The van der Waals surface area contributed by atoms with E-state index < -0.39 is 11.7 Å². The van der Waals surface area contributed by atoms with Gasteiger partial charge in [0.05, 0.1) is 24.5 Å². The van der Waals surface area contributed by atoms with Gasteiger partial charge in [0.25, 0.3) is 0 Å². The number of hydrogen-bond donors (Lipinski definition) is 2. The Kier molecular flexibility index (Phi) is 6.71. The van der Waals surface area contributed by atoms with Gasteiger partial charge in [-0.05, 0) is 37.2 Å². The normalized spacial score (nSPS) is 22.2.